The van der Waals surface area contributed by atoms with E-state index in [1.807, 2.05) is 36.5 Å². The number of aromatic nitrogens is 2. The summed E-state index contributed by atoms with van der Waals surface area (Å²) in [6.45, 7) is 0.300. The van der Waals surface area contributed by atoms with Gasteiger partial charge in [-0.2, -0.15) is 5.10 Å². The Kier molecular flexibility index (Phi) is 4.99. The van der Waals surface area contributed by atoms with Crippen molar-refractivity contribution in [2.75, 3.05) is 6.54 Å². The van der Waals surface area contributed by atoms with Gasteiger partial charge in [0.2, 0.25) is 10.0 Å². The predicted octanol–water partition coefficient (Wildman–Crippen LogP) is 3.05. The fourth-order valence-corrected chi connectivity index (χ4v) is 3.86. The lowest BCUT2D eigenvalue weighted by molar-refractivity contribution is 0.581. The van der Waals surface area contributed by atoms with Gasteiger partial charge in [0.05, 0.1) is 10.7 Å². The summed E-state index contributed by atoms with van der Waals surface area (Å²) in [7, 11) is -3.60. The van der Waals surface area contributed by atoms with Crippen molar-refractivity contribution >= 4 is 21.6 Å². The normalized spacial score (nSPS) is 11.5. The first-order valence-electron chi connectivity index (χ1n) is 7.39. The van der Waals surface area contributed by atoms with Crippen LogP contribution in [-0.4, -0.2) is 24.7 Å². The van der Waals surface area contributed by atoms with E-state index in [1.165, 1.54) is 6.07 Å². The van der Waals surface area contributed by atoms with Crippen LogP contribution < -0.4 is 4.72 Å². The van der Waals surface area contributed by atoms with Crippen LogP contribution in [0.15, 0.2) is 71.9 Å². The van der Waals surface area contributed by atoms with Gasteiger partial charge >= 0.3 is 0 Å². The fraction of sp³-hybridized carbons (Fsp3) is 0.118. The van der Waals surface area contributed by atoms with Crippen LogP contribution in [0, 0.1) is 0 Å². The highest BCUT2D eigenvalue weighted by Crippen LogP contribution is 2.20. The zero-order valence-corrected chi connectivity index (χ0v) is 14.3. The Labute approximate surface area is 145 Å². The van der Waals surface area contributed by atoms with Gasteiger partial charge in [0.25, 0.3) is 0 Å². The molecule has 124 valence electrons. The quantitative estimate of drug-likeness (QED) is 0.734. The predicted molar refractivity (Wildman–Crippen MR) is 93.9 cm³/mol. The number of nitrogens with one attached hydrogen (secondary N) is 1. The Morgan fingerprint density at radius 3 is 2.46 bits per heavy atom. The van der Waals surface area contributed by atoms with Gasteiger partial charge in [-0.05, 0) is 42.3 Å². The lowest BCUT2D eigenvalue weighted by Crippen LogP contribution is -2.26. The largest absolute Gasteiger partial charge is 0.242 e. The van der Waals surface area contributed by atoms with Gasteiger partial charge in [0.15, 0.2) is 0 Å². The van der Waals surface area contributed by atoms with Gasteiger partial charge in [0, 0.05) is 18.9 Å². The first-order chi connectivity index (χ1) is 11.6. The third kappa shape index (κ3) is 3.84. The van der Waals surface area contributed by atoms with E-state index in [9.17, 15) is 8.42 Å². The van der Waals surface area contributed by atoms with Gasteiger partial charge in [-0.3, -0.25) is 0 Å². The molecule has 3 aromatic rings. The molecule has 1 heterocycles. The van der Waals surface area contributed by atoms with Crippen LogP contribution in [0.25, 0.3) is 5.69 Å². The van der Waals surface area contributed by atoms with Crippen LogP contribution in [-0.2, 0) is 16.4 Å². The number of benzene rings is 2. The molecule has 5 nitrogen and oxygen atoms in total. The Morgan fingerprint density at radius 1 is 1.04 bits per heavy atom. The van der Waals surface area contributed by atoms with E-state index in [0.29, 0.717) is 13.0 Å². The highest BCUT2D eigenvalue weighted by atomic mass is 35.5. The van der Waals surface area contributed by atoms with Gasteiger partial charge in [-0.15, -0.1) is 0 Å². The maximum atomic E-state index is 12.2. The maximum absolute atomic E-state index is 12.2. The molecule has 1 N–H and O–H groups in total. The molecule has 0 fully saturated rings. The molecule has 0 amide bonds. The highest BCUT2D eigenvalue weighted by molar-refractivity contribution is 7.89. The summed E-state index contributed by atoms with van der Waals surface area (Å²) in [4.78, 5) is 0.0979. The van der Waals surface area contributed by atoms with Crippen molar-refractivity contribution in [2.24, 2.45) is 0 Å². The summed E-state index contributed by atoms with van der Waals surface area (Å²) in [5.74, 6) is 0. The SMILES string of the molecule is O=S(=O)(NCCc1ccc(-n2cccn2)cc1)c1ccccc1Cl. The minimum Gasteiger partial charge on any atom is -0.241 e. The number of hydrogen-bond acceptors (Lipinski definition) is 3. The average molecular weight is 362 g/mol. The van der Waals surface area contributed by atoms with E-state index in [2.05, 4.69) is 9.82 Å². The van der Waals surface area contributed by atoms with Crippen LogP contribution in [0.1, 0.15) is 5.56 Å². The Balaban J connectivity index is 1.61. The molecule has 7 heteroatoms. The fourth-order valence-electron chi connectivity index (χ4n) is 2.31. The summed E-state index contributed by atoms with van der Waals surface area (Å²) in [5, 5.41) is 4.38. The molecule has 0 aliphatic carbocycles. The zero-order valence-electron chi connectivity index (χ0n) is 12.8. The second-order valence-electron chi connectivity index (χ2n) is 5.20. The molecule has 0 saturated carbocycles. The van der Waals surface area contributed by atoms with Crippen molar-refractivity contribution < 1.29 is 8.42 Å². The van der Waals surface area contributed by atoms with Gasteiger partial charge in [-0.1, -0.05) is 35.9 Å². The molecule has 0 radical (unpaired) electrons. The van der Waals surface area contributed by atoms with E-state index in [-0.39, 0.29) is 9.92 Å². The lowest BCUT2D eigenvalue weighted by atomic mass is 10.1. The molecule has 0 spiro atoms. The number of rotatable bonds is 6. The summed E-state index contributed by atoms with van der Waals surface area (Å²) < 4.78 is 28.8. The van der Waals surface area contributed by atoms with E-state index in [0.717, 1.165) is 11.3 Å². The molecular weight excluding hydrogens is 346 g/mol. The third-order valence-electron chi connectivity index (χ3n) is 3.54. The molecule has 3 rings (SSSR count). The van der Waals surface area contributed by atoms with Crippen LogP contribution >= 0.6 is 11.6 Å². The second-order valence-corrected chi connectivity index (χ2v) is 7.34. The number of nitrogens with zero attached hydrogens (tertiary/aromatic N) is 2. The summed E-state index contributed by atoms with van der Waals surface area (Å²) in [5.41, 5.74) is 1.99. The van der Waals surface area contributed by atoms with E-state index in [4.69, 9.17) is 11.6 Å². The molecule has 2 aromatic carbocycles. The van der Waals surface area contributed by atoms with Gasteiger partial charge in [0.1, 0.15) is 4.90 Å². The minimum atomic E-state index is -3.60. The molecule has 0 aliphatic heterocycles. The van der Waals surface area contributed by atoms with Crippen LogP contribution in [0.2, 0.25) is 5.02 Å². The molecule has 0 atom stereocenters. The zero-order chi connectivity index (χ0) is 17.0. The van der Waals surface area contributed by atoms with Crippen molar-refractivity contribution in [1.82, 2.24) is 14.5 Å². The van der Waals surface area contributed by atoms with Crippen molar-refractivity contribution in [3.63, 3.8) is 0 Å². The third-order valence-corrected chi connectivity index (χ3v) is 5.50. The van der Waals surface area contributed by atoms with Crippen molar-refractivity contribution in [2.45, 2.75) is 11.3 Å². The Hall–Kier alpha value is -2.15. The molecule has 0 bridgehead atoms. The van der Waals surface area contributed by atoms with E-state index >= 15 is 0 Å². The van der Waals surface area contributed by atoms with E-state index in [1.54, 1.807) is 29.1 Å². The van der Waals surface area contributed by atoms with Crippen molar-refractivity contribution in [1.29, 1.82) is 0 Å². The van der Waals surface area contributed by atoms with Crippen LogP contribution in [0.4, 0.5) is 0 Å². The Bertz CT molecular complexity index is 907. The first kappa shape index (κ1) is 16.7. The van der Waals surface area contributed by atoms with Gasteiger partial charge in [-0.25, -0.2) is 17.8 Å². The maximum Gasteiger partial charge on any atom is 0.242 e. The minimum absolute atomic E-state index is 0.0979. The van der Waals surface area contributed by atoms with Crippen molar-refractivity contribution in [3.8, 4) is 5.69 Å². The topological polar surface area (TPSA) is 64.0 Å². The summed E-state index contributed by atoms with van der Waals surface area (Å²) in [6.07, 6.45) is 4.17. The first-order valence-corrected chi connectivity index (χ1v) is 9.25. The van der Waals surface area contributed by atoms with Gasteiger partial charge < -0.3 is 0 Å². The number of hydrogen-bond donors (Lipinski definition) is 1. The molecule has 24 heavy (non-hydrogen) atoms. The standard InChI is InChI=1S/C17H16ClN3O2S/c18-16-4-1-2-5-17(16)24(22,23)20-12-10-14-6-8-15(9-7-14)21-13-3-11-19-21/h1-9,11,13,20H,10,12H2. The monoisotopic (exact) mass is 361 g/mol. The number of sulfonamides is 1. The molecular formula is C17H16ClN3O2S. The summed E-state index contributed by atoms with van der Waals surface area (Å²) in [6, 6.07) is 16.1. The number of halogens is 1. The highest BCUT2D eigenvalue weighted by Gasteiger charge is 2.16. The van der Waals surface area contributed by atoms with Crippen LogP contribution in [0.5, 0.6) is 0 Å². The Morgan fingerprint density at radius 2 is 1.79 bits per heavy atom. The van der Waals surface area contributed by atoms with E-state index < -0.39 is 10.0 Å². The smallest absolute Gasteiger partial charge is 0.241 e. The lowest BCUT2D eigenvalue weighted by Gasteiger charge is -2.08. The molecule has 0 saturated heterocycles. The molecule has 1 aromatic heterocycles. The summed E-state index contributed by atoms with van der Waals surface area (Å²) >= 11 is 5.94. The average Bonchev–Trinajstić information content (AvgIpc) is 3.10. The molecule has 0 aliphatic rings. The van der Waals surface area contributed by atoms with Crippen molar-refractivity contribution in [3.05, 3.63) is 77.6 Å². The van der Waals surface area contributed by atoms with Crippen LogP contribution in [0.3, 0.4) is 0 Å². The second kappa shape index (κ2) is 7.17. The molecule has 0 unspecified atom stereocenters.